The molecule has 0 spiro atoms. The summed E-state index contributed by atoms with van der Waals surface area (Å²) in [6.07, 6.45) is 3.24. The summed E-state index contributed by atoms with van der Waals surface area (Å²) in [5.41, 5.74) is 3.01. The Hall–Kier alpha value is -3.01. The molecule has 0 atom stereocenters. The molecule has 1 amide bonds. The van der Waals surface area contributed by atoms with Crippen molar-refractivity contribution in [1.82, 2.24) is 19.4 Å². The van der Waals surface area contributed by atoms with Gasteiger partial charge in [0.15, 0.2) is 0 Å². The second kappa shape index (κ2) is 10.1. The number of sulfonamides is 1. The van der Waals surface area contributed by atoms with Crippen molar-refractivity contribution in [3.8, 4) is 0 Å². The molecule has 1 aliphatic heterocycles. The molecule has 0 aliphatic carbocycles. The molecule has 1 aliphatic rings. The van der Waals surface area contributed by atoms with Crippen LogP contribution in [0.3, 0.4) is 0 Å². The number of carbonyl (C=O) groups excluding carboxylic acids is 1. The van der Waals surface area contributed by atoms with Gasteiger partial charge in [-0.3, -0.25) is 9.48 Å². The van der Waals surface area contributed by atoms with Gasteiger partial charge in [0.05, 0.1) is 37.3 Å². The molecule has 0 saturated carbocycles. The minimum atomic E-state index is -3.45. The van der Waals surface area contributed by atoms with Gasteiger partial charge in [-0.2, -0.15) is 9.40 Å². The first-order valence-corrected chi connectivity index (χ1v) is 12.1. The Morgan fingerprint density at radius 2 is 1.69 bits per heavy atom. The lowest BCUT2D eigenvalue weighted by Gasteiger charge is -2.26. The summed E-state index contributed by atoms with van der Waals surface area (Å²) >= 11 is 0. The molecule has 1 N–H and O–H groups in total. The number of carbonyl (C=O) groups is 1. The van der Waals surface area contributed by atoms with Crippen LogP contribution >= 0.6 is 0 Å². The summed E-state index contributed by atoms with van der Waals surface area (Å²) < 4.78 is 34.0. The summed E-state index contributed by atoms with van der Waals surface area (Å²) in [6, 6.07) is 17.2. The van der Waals surface area contributed by atoms with Crippen molar-refractivity contribution in [3.05, 3.63) is 89.2 Å². The lowest BCUT2D eigenvalue weighted by molar-refractivity contribution is 0.0729. The van der Waals surface area contributed by atoms with Gasteiger partial charge in [-0.25, -0.2) is 8.42 Å². The van der Waals surface area contributed by atoms with Crippen LogP contribution in [0.5, 0.6) is 0 Å². The molecular formula is C23H26N4O4S. The van der Waals surface area contributed by atoms with Gasteiger partial charge >= 0.3 is 0 Å². The zero-order valence-electron chi connectivity index (χ0n) is 17.7. The van der Waals surface area contributed by atoms with E-state index in [0.29, 0.717) is 44.0 Å². The lowest BCUT2D eigenvalue weighted by Crippen LogP contribution is -2.41. The topological polar surface area (TPSA) is 93.5 Å². The summed E-state index contributed by atoms with van der Waals surface area (Å²) in [5.74, 6) is -0.358. The monoisotopic (exact) mass is 454 g/mol. The van der Waals surface area contributed by atoms with Crippen LogP contribution in [0, 0.1) is 0 Å². The Morgan fingerprint density at radius 1 is 1.00 bits per heavy atom. The summed E-state index contributed by atoms with van der Waals surface area (Å²) in [6.45, 7) is 2.38. The fourth-order valence-electron chi connectivity index (χ4n) is 3.60. The minimum Gasteiger partial charge on any atom is -0.379 e. The highest BCUT2D eigenvalue weighted by molar-refractivity contribution is 7.88. The molecule has 0 bridgehead atoms. The Bertz CT molecular complexity index is 1160. The smallest absolute Gasteiger partial charge is 0.254 e. The standard InChI is InChI=1S/C23H26N4O4S/c28-23(22-15-25-26(17-22)16-19-6-2-1-3-7-19)24-14-20-8-4-5-9-21(20)18-32(29,30)27-10-12-31-13-11-27/h1-9,15,17H,10-14,16,18H2,(H,24,28). The van der Waals surface area contributed by atoms with Crippen molar-refractivity contribution >= 4 is 15.9 Å². The van der Waals surface area contributed by atoms with Crippen LogP contribution in [-0.4, -0.2) is 54.7 Å². The second-order valence-electron chi connectivity index (χ2n) is 7.63. The minimum absolute atomic E-state index is 0.103. The van der Waals surface area contributed by atoms with Crippen molar-refractivity contribution in [2.75, 3.05) is 26.3 Å². The summed E-state index contributed by atoms with van der Waals surface area (Å²) in [7, 11) is -3.45. The first-order valence-electron chi connectivity index (χ1n) is 10.5. The molecule has 0 unspecified atom stereocenters. The van der Waals surface area contributed by atoms with Crippen molar-refractivity contribution in [1.29, 1.82) is 0 Å². The molecule has 9 heteroatoms. The van der Waals surface area contributed by atoms with E-state index in [9.17, 15) is 13.2 Å². The number of hydrogen-bond donors (Lipinski definition) is 1. The number of morpholine rings is 1. The highest BCUT2D eigenvalue weighted by Gasteiger charge is 2.25. The normalized spacial score (nSPS) is 14.9. The maximum atomic E-state index is 12.8. The zero-order chi connectivity index (χ0) is 22.4. The van der Waals surface area contributed by atoms with Gasteiger partial charge < -0.3 is 10.1 Å². The molecule has 1 saturated heterocycles. The van der Waals surface area contributed by atoms with Crippen LogP contribution in [-0.2, 0) is 33.6 Å². The first kappa shape index (κ1) is 22.2. The molecule has 3 aromatic rings. The number of benzene rings is 2. The van der Waals surface area contributed by atoms with Crippen LogP contribution in [0.25, 0.3) is 0 Å². The average Bonchev–Trinajstić information content (AvgIpc) is 3.28. The average molecular weight is 455 g/mol. The van der Waals surface area contributed by atoms with Crippen molar-refractivity contribution in [2.45, 2.75) is 18.8 Å². The van der Waals surface area contributed by atoms with Gasteiger partial charge in [-0.05, 0) is 16.7 Å². The van der Waals surface area contributed by atoms with Gasteiger partial charge in [-0.1, -0.05) is 54.6 Å². The number of rotatable bonds is 8. The maximum absolute atomic E-state index is 12.8. The highest BCUT2D eigenvalue weighted by atomic mass is 32.2. The number of ether oxygens (including phenoxy) is 1. The van der Waals surface area contributed by atoms with Gasteiger partial charge in [0.25, 0.3) is 5.91 Å². The Morgan fingerprint density at radius 3 is 2.44 bits per heavy atom. The summed E-state index contributed by atoms with van der Waals surface area (Å²) in [5, 5.41) is 7.14. The zero-order valence-corrected chi connectivity index (χ0v) is 18.5. The number of nitrogens with one attached hydrogen (secondary N) is 1. The Labute approximate surface area is 187 Å². The predicted molar refractivity (Wildman–Crippen MR) is 120 cm³/mol. The SMILES string of the molecule is O=C(NCc1ccccc1CS(=O)(=O)N1CCOCC1)c1cnn(Cc2ccccc2)c1. The number of amides is 1. The molecule has 1 fully saturated rings. The van der Waals surface area contributed by atoms with Gasteiger partial charge in [-0.15, -0.1) is 0 Å². The fraction of sp³-hybridized carbons (Fsp3) is 0.304. The van der Waals surface area contributed by atoms with E-state index >= 15 is 0 Å². The summed E-state index contributed by atoms with van der Waals surface area (Å²) in [4.78, 5) is 12.6. The molecule has 8 nitrogen and oxygen atoms in total. The van der Waals surface area contributed by atoms with Crippen LogP contribution in [0.1, 0.15) is 27.0 Å². The van der Waals surface area contributed by atoms with E-state index in [1.165, 1.54) is 10.5 Å². The van der Waals surface area contributed by atoms with Crippen LogP contribution in [0.4, 0.5) is 0 Å². The van der Waals surface area contributed by atoms with Crippen LogP contribution < -0.4 is 5.32 Å². The quantitative estimate of drug-likeness (QED) is 0.562. The molecule has 168 valence electrons. The van der Waals surface area contributed by atoms with E-state index in [1.54, 1.807) is 16.9 Å². The third-order valence-corrected chi connectivity index (χ3v) is 7.17. The molecular weight excluding hydrogens is 428 g/mol. The van der Waals surface area contributed by atoms with Crippen molar-refractivity contribution in [2.24, 2.45) is 0 Å². The van der Waals surface area contributed by atoms with Gasteiger partial charge in [0.1, 0.15) is 0 Å². The number of nitrogens with zero attached hydrogens (tertiary/aromatic N) is 3. The van der Waals surface area contributed by atoms with Gasteiger partial charge in [0.2, 0.25) is 10.0 Å². The van der Waals surface area contributed by atoms with E-state index in [1.807, 2.05) is 48.5 Å². The Balaban J connectivity index is 1.38. The highest BCUT2D eigenvalue weighted by Crippen LogP contribution is 2.17. The predicted octanol–water partition coefficient (Wildman–Crippen LogP) is 2.02. The molecule has 32 heavy (non-hydrogen) atoms. The third kappa shape index (κ3) is 5.61. The van der Waals surface area contributed by atoms with E-state index in [2.05, 4.69) is 10.4 Å². The van der Waals surface area contributed by atoms with Crippen LogP contribution in [0.2, 0.25) is 0 Å². The van der Waals surface area contributed by atoms with E-state index < -0.39 is 10.0 Å². The molecule has 0 radical (unpaired) electrons. The molecule has 1 aromatic heterocycles. The maximum Gasteiger partial charge on any atom is 0.254 e. The van der Waals surface area contributed by atoms with E-state index in [4.69, 9.17) is 4.74 Å². The van der Waals surface area contributed by atoms with E-state index in [0.717, 1.165) is 11.1 Å². The van der Waals surface area contributed by atoms with Crippen molar-refractivity contribution in [3.63, 3.8) is 0 Å². The third-order valence-electron chi connectivity index (χ3n) is 5.34. The molecule has 2 heterocycles. The largest absolute Gasteiger partial charge is 0.379 e. The van der Waals surface area contributed by atoms with Gasteiger partial charge in [0, 0.05) is 25.8 Å². The Kier molecular flexibility index (Phi) is 6.99. The first-order chi connectivity index (χ1) is 15.5. The fourth-order valence-corrected chi connectivity index (χ4v) is 5.16. The number of aromatic nitrogens is 2. The lowest BCUT2D eigenvalue weighted by atomic mass is 10.1. The molecule has 4 rings (SSSR count). The number of hydrogen-bond acceptors (Lipinski definition) is 5. The second-order valence-corrected chi connectivity index (χ2v) is 9.60. The van der Waals surface area contributed by atoms with Crippen LogP contribution in [0.15, 0.2) is 67.0 Å². The van der Waals surface area contributed by atoms with Crippen molar-refractivity contribution < 1.29 is 17.9 Å². The van der Waals surface area contributed by atoms with E-state index in [-0.39, 0.29) is 18.2 Å². The molecule has 2 aromatic carbocycles.